The van der Waals surface area contributed by atoms with Crippen molar-refractivity contribution in [2.75, 3.05) is 81.7 Å². The number of methoxy groups -OCH3 is 6. The molecule has 6 aliphatic heterocycles. The molecule has 3 aromatic rings. The molecule has 90 heavy (non-hydrogen) atoms. The zero-order chi connectivity index (χ0) is 103. The minimum atomic E-state index is -3.30. The number of ether oxygens (including phenoxy) is 9. The molecule has 0 bridgehead atoms. The van der Waals surface area contributed by atoms with Crippen molar-refractivity contribution in [1.82, 2.24) is 14.7 Å². The van der Waals surface area contributed by atoms with E-state index in [2.05, 4.69) is 0 Å². The number of fused-ring (bicyclic) bond motifs is 9. The number of carbonyl (C=O) groups excluding carboxylic acids is 3. The van der Waals surface area contributed by atoms with Crippen LogP contribution in [-0.4, -0.2) is 151 Å². The van der Waals surface area contributed by atoms with Gasteiger partial charge in [0, 0.05) is 135 Å². The summed E-state index contributed by atoms with van der Waals surface area (Å²) in [7, 11) is 2.56. The van der Waals surface area contributed by atoms with Gasteiger partial charge in [0.1, 0.15) is 36.4 Å². The zero-order valence-electron chi connectivity index (χ0n) is 95.1. The fraction of sp³-hybridized carbons (Fsp3) is 0.708. The summed E-state index contributed by atoms with van der Waals surface area (Å²) < 4.78 is 407. The first-order valence-corrected chi connectivity index (χ1v) is 29.1. The minimum Gasteiger partial charge on any atom is -0.493 e. The Hall–Kier alpha value is -5.37. The largest absolute Gasteiger partial charge is 0.493 e. The summed E-state index contributed by atoms with van der Waals surface area (Å²) in [5, 5.41) is 0. The SMILES string of the molecule is [2H]c1c(OC)c(OC([2H])([2H])[2H])c([2H])c2c1C1CC([2H])(OC(=O)[C@@H](N)C(C)C)C(C([2H])([2H])C([2H])(C)C([2H])([2H])[2H])CN1C([2H])([2H])C2([2H])[2H].[2H]c1c(OC)c(OC)c([2H])c2c1C1CC([2H])(OC(=O)[C@@H](N)C(C)C)C(C([2H])([2H])C([2H])(C)C([2H])([2H])[2H])CN1C([2H])([2H])C2([2H])[2H].[2H]c1c(OC)c(OC)c([2H])c2c1C1CC([2H])(OC(=O)[C@@H](N)C(C)C)C(C([2H])([2H])C([2H])(C)C([2H])([2H])[2H])CN1C([2H])([2H])C2([2H])[2H]. The molecule has 0 saturated carbocycles. The zero-order valence-corrected chi connectivity index (χ0v) is 53.1. The first-order valence-electron chi connectivity index (χ1n) is 50.1. The van der Waals surface area contributed by atoms with Crippen LogP contribution in [-0.2, 0) is 47.7 Å². The second kappa shape index (κ2) is 32.5. The van der Waals surface area contributed by atoms with E-state index in [-0.39, 0.29) is 34.1 Å². The molecule has 3 aromatic carbocycles. The van der Waals surface area contributed by atoms with E-state index < -0.39 is 320 Å². The summed E-state index contributed by atoms with van der Waals surface area (Å²) in [4.78, 5) is 41.8. The Morgan fingerprint density at radius 2 is 0.744 bits per heavy atom. The average molecular weight is 1300 g/mol. The van der Waals surface area contributed by atoms with E-state index in [1.54, 1.807) is 41.5 Å². The normalized spacial score (nSPS) is 40.5. The molecule has 6 heterocycles. The van der Waals surface area contributed by atoms with Gasteiger partial charge in [-0.3, -0.25) is 29.1 Å². The van der Waals surface area contributed by atoms with Crippen molar-refractivity contribution < 1.29 is 115 Å². The lowest BCUT2D eigenvalue weighted by atomic mass is 9.79. The maximum Gasteiger partial charge on any atom is 0.323 e. The van der Waals surface area contributed by atoms with Crippen LogP contribution in [0.3, 0.4) is 0 Å². The van der Waals surface area contributed by atoms with Gasteiger partial charge in [-0.25, -0.2) is 0 Å². The standard InChI is InChI=1S/3C24H38N2O4/c3*1-14(2)9-17-13-26-8-7-16-10-21(28-5)22(29-6)11-18(16)19(26)12-20(17)30-24(27)23(25)15(3)4/h3*10-11,14-15,17,19-20,23H,7-9,12-13,25H2,1-6H3/t3*17?,19?,20?,23-/m000/s1/i1D3,5D3,7D2,8D2,9D2,10D,11D,14D,20D;2*1D3,7D2,8D2,9D2,10D,11D,14D,20D/t3*14?,17?,19?,20?,23-. The summed E-state index contributed by atoms with van der Waals surface area (Å²) >= 11 is 0. The van der Waals surface area contributed by atoms with Crippen molar-refractivity contribution in [2.45, 2.75) is 195 Å². The smallest absolute Gasteiger partial charge is 0.323 e. The average Bonchev–Trinajstić information content (AvgIpc) is 0.689. The van der Waals surface area contributed by atoms with Crippen LogP contribution in [0, 0.1) is 53.2 Å². The Labute approximate surface area is 598 Å². The third-order valence-corrected chi connectivity index (χ3v) is 15.4. The lowest BCUT2D eigenvalue weighted by Crippen LogP contribution is -2.51. The van der Waals surface area contributed by atoms with Crippen LogP contribution in [0.25, 0.3) is 0 Å². The molecule has 18 heteroatoms. The Kier molecular flexibility index (Phi) is 12.1. The summed E-state index contributed by atoms with van der Waals surface area (Å²) in [5.41, 5.74) is 15.0. The van der Waals surface area contributed by atoms with Crippen molar-refractivity contribution in [1.29, 1.82) is 0 Å². The molecule has 6 aliphatic rings. The van der Waals surface area contributed by atoms with Crippen molar-refractivity contribution in [3.05, 3.63) is 69.6 Å². The van der Waals surface area contributed by atoms with Crippen LogP contribution in [0.4, 0.5) is 0 Å². The van der Waals surface area contributed by atoms with Gasteiger partial charge in [0.25, 0.3) is 0 Å². The van der Waals surface area contributed by atoms with Crippen LogP contribution in [0.1, 0.15) is 230 Å². The van der Waals surface area contributed by atoms with Crippen molar-refractivity contribution >= 4 is 17.9 Å². The number of nitrogens with two attached hydrogens (primary N) is 3. The molecule has 6 N–H and O–H groups in total. The van der Waals surface area contributed by atoms with Crippen molar-refractivity contribution in [2.24, 2.45) is 70.4 Å². The van der Waals surface area contributed by atoms with Gasteiger partial charge in [0.05, 0.1) is 59.0 Å². The van der Waals surface area contributed by atoms with Crippen LogP contribution in [0.2, 0.25) is 0 Å². The van der Waals surface area contributed by atoms with Gasteiger partial charge in [-0.1, -0.05) is 82.9 Å². The van der Waals surface area contributed by atoms with E-state index in [0.29, 0.717) is 0 Å². The van der Waals surface area contributed by atoms with Gasteiger partial charge in [-0.15, -0.1) is 0 Å². The second-order valence-electron chi connectivity index (χ2n) is 23.0. The number of rotatable bonds is 21. The fourth-order valence-electron chi connectivity index (χ4n) is 10.3. The highest BCUT2D eigenvalue weighted by Gasteiger charge is 2.45. The Morgan fingerprint density at radius 1 is 0.489 bits per heavy atom. The Balaban J connectivity index is 0.000000271. The van der Waals surface area contributed by atoms with E-state index in [0.717, 1.165) is 42.6 Å². The van der Waals surface area contributed by atoms with E-state index in [9.17, 15) is 18.5 Å². The molecule has 0 radical (unpaired) electrons. The monoisotopic (exact) mass is 1300 g/mol. The third kappa shape index (κ3) is 17.5. The van der Waals surface area contributed by atoms with Crippen molar-refractivity contribution in [3.8, 4) is 34.5 Å². The molecule has 18 nitrogen and oxygen atoms in total. The van der Waals surface area contributed by atoms with Crippen LogP contribution in [0.15, 0.2) is 36.3 Å². The quantitative estimate of drug-likeness (QED) is 0.0666. The molecular formula is C72H114N6O12. The molecule has 15 atom stereocenters. The first kappa shape index (κ1) is 33.6. The number of hydrogen-bond donors (Lipinski definition) is 3. The lowest BCUT2D eigenvalue weighted by molar-refractivity contribution is -0.161. The number of piperidine rings is 3. The van der Waals surface area contributed by atoms with E-state index in [1.807, 2.05) is 0 Å². The maximum absolute atomic E-state index is 13.2. The molecule has 3 fully saturated rings. The summed E-state index contributed by atoms with van der Waals surface area (Å²) in [6, 6.07) is -12.3. The lowest BCUT2D eigenvalue weighted by Gasteiger charge is -2.47. The molecular weight excluding hydrogens is 1140 g/mol. The van der Waals surface area contributed by atoms with Crippen LogP contribution >= 0.6 is 0 Å². The number of carbonyl (C=O) groups is 3. The molecule has 12 unspecified atom stereocenters. The van der Waals surface area contributed by atoms with Gasteiger partial charge in [0.2, 0.25) is 0 Å². The van der Waals surface area contributed by atoms with Crippen LogP contribution < -0.4 is 45.6 Å². The molecule has 0 aliphatic carbocycles. The number of benzene rings is 3. The molecule has 3 saturated heterocycles. The van der Waals surface area contributed by atoms with E-state index >= 15 is 0 Å². The Bertz CT molecular complexity index is 4640. The minimum absolute atomic E-state index is 0.257. The van der Waals surface area contributed by atoms with Crippen molar-refractivity contribution in [3.63, 3.8) is 0 Å². The van der Waals surface area contributed by atoms with Gasteiger partial charge < -0.3 is 59.8 Å². The predicted octanol–water partition coefficient (Wildman–Crippen LogP) is 10.7. The highest BCUT2D eigenvalue weighted by Crippen LogP contribution is 2.48. The number of hydrogen-bond acceptors (Lipinski definition) is 18. The number of nitrogens with zero attached hydrogens (tertiary/aromatic N) is 3. The van der Waals surface area contributed by atoms with E-state index in [4.69, 9.17) is 113 Å². The summed E-state index contributed by atoms with van der Waals surface area (Å²) in [6.07, 6.45) is -29.4. The number of esters is 3. The van der Waals surface area contributed by atoms with Gasteiger partial charge >= 0.3 is 17.9 Å². The molecule has 0 amide bonds. The predicted molar refractivity (Wildman–Crippen MR) is 353 cm³/mol. The van der Waals surface area contributed by atoms with Crippen LogP contribution in [0.5, 0.6) is 34.5 Å². The van der Waals surface area contributed by atoms with Gasteiger partial charge in [0.15, 0.2) is 34.5 Å². The second-order valence-corrected chi connectivity index (χ2v) is 23.0. The summed E-state index contributed by atoms with van der Waals surface area (Å²) in [6.45, 7) is -9.90. The van der Waals surface area contributed by atoms with Gasteiger partial charge in [-0.2, -0.15) is 0 Å². The highest BCUT2D eigenvalue weighted by molar-refractivity contribution is 5.77. The molecule has 504 valence electrons. The third-order valence-electron chi connectivity index (χ3n) is 15.4. The van der Waals surface area contributed by atoms with E-state index in [1.165, 1.54) is 28.4 Å². The molecule has 0 aromatic heterocycles. The van der Waals surface area contributed by atoms with Gasteiger partial charge in [-0.05, 0) is 143 Å². The highest BCUT2D eigenvalue weighted by atomic mass is 16.6. The Morgan fingerprint density at radius 3 is 0.978 bits per heavy atom. The maximum atomic E-state index is 13.2. The first-order chi connectivity index (χ1) is 59.0. The molecule has 0 spiro atoms. The fourth-order valence-corrected chi connectivity index (χ4v) is 10.3. The topological polar surface area (TPSA) is 222 Å². The molecule has 9 rings (SSSR count). The summed E-state index contributed by atoms with van der Waals surface area (Å²) in [5.74, 6) is -22.4.